The molecule has 0 aromatic rings. The maximum absolute atomic E-state index is 12.0. The van der Waals surface area contributed by atoms with Crippen molar-refractivity contribution in [2.75, 3.05) is 32.8 Å². The van der Waals surface area contributed by atoms with Crippen molar-refractivity contribution in [1.82, 2.24) is 15.5 Å². The second kappa shape index (κ2) is 6.41. The molecule has 0 radical (unpaired) electrons. The maximum atomic E-state index is 12.0. The van der Waals surface area contributed by atoms with Crippen LogP contribution in [0.4, 0.5) is 4.79 Å². The van der Waals surface area contributed by atoms with Gasteiger partial charge >= 0.3 is 6.03 Å². The number of hydrogen-bond acceptors (Lipinski definition) is 4. The highest BCUT2D eigenvalue weighted by molar-refractivity contribution is 5.84. The van der Waals surface area contributed by atoms with Crippen LogP contribution in [0.2, 0.25) is 0 Å². The van der Waals surface area contributed by atoms with Gasteiger partial charge in [-0.05, 0) is 13.8 Å². The van der Waals surface area contributed by atoms with Gasteiger partial charge in [-0.1, -0.05) is 0 Å². The normalized spacial score (nSPS) is 21.2. The Hall–Kier alpha value is -1.34. The Morgan fingerprint density at radius 1 is 1.20 bits per heavy atom. The topological polar surface area (TPSA) is 79.9 Å². The van der Waals surface area contributed by atoms with Crippen molar-refractivity contribution in [3.8, 4) is 0 Å². The first-order valence-corrected chi connectivity index (χ1v) is 7.11. The second-order valence-electron chi connectivity index (χ2n) is 5.47. The van der Waals surface area contributed by atoms with Crippen molar-refractivity contribution < 1.29 is 19.1 Å². The van der Waals surface area contributed by atoms with Gasteiger partial charge in [0.1, 0.15) is 0 Å². The first-order valence-electron chi connectivity index (χ1n) is 7.11. The third-order valence-corrected chi connectivity index (χ3v) is 3.51. The number of hydrogen-bond donors (Lipinski definition) is 2. The summed E-state index contributed by atoms with van der Waals surface area (Å²) in [6.45, 7) is 6.22. The lowest BCUT2D eigenvalue weighted by atomic mass is 10.0. The summed E-state index contributed by atoms with van der Waals surface area (Å²) >= 11 is 0. The first-order chi connectivity index (χ1) is 9.51. The molecule has 2 N–H and O–H groups in total. The summed E-state index contributed by atoms with van der Waals surface area (Å²) in [6.07, 6.45) is 1.38. The van der Waals surface area contributed by atoms with Gasteiger partial charge in [0.15, 0.2) is 5.79 Å². The van der Waals surface area contributed by atoms with E-state index in [2.05, 4.69) is 10.6 Å². The Balaban J connectivity index is 1.70. The van der Waals surface area contributed by atoms with Gasteiger partial charge in [-0.2, -0.15) is 0 Å². The largest absolute Gasteiger partial charge is 0.347 e. The number of carbonyl (C=O) groups excluding carboxylic acids is 2. The highest BCUT2D eigenvalue weighted by atomic mass is 16.7. The number of ether oxygens (including phenoxy) is 2. The monoisotopic (exact) mass is 285 g/mol. The van der Waals surface area contributed by atoms with E-state index in [-0.39, 0.29) is 24.5 Å². The van der Waals surface area contributed by atoms with E-state index in [1.807, 2.05) is 13.8 Å². The molecule has 7 heteroatoms. The third-order valence-electron chi connectivity index (χ3n) is 3.51. The molecule has 0 bridgehead atoms. The molecular weight excluding hydrogens is 262 g/mol. The van der Waals surface area contributed by atoms with E-state index in [4.69, 9.17) is 9.47 Å². The van der Waals surface area contributed by atoms with E-state index in [0.717, 1.165) is 0 Å². The van der Waals surface area contributed by atoms with E-state index in [0.29, 0.717) is 39.1 Å². The minimum atomic E-state index is -0.473. The van der Waals surface area contributed by atoms with Crippen molar-refractivity contribution in [1.29, 1.82) is 0 Å². The molecule has 7 nitrogen and oxygen atoms in total. The van der Waals surface area contributed by atoms with E-state index in [9.17, 15) is 9.59 Å². The van der Waals surface area contributed by atoms with Gasteiger partial charge in [-0.25, -0.2) is 4.79 Å². The molecule has 114 valence electrons. The highest BCUT2D eigenvalue weighted by Gasteiger charge is 2.40. The van der Waals surface area contributed by atoms with Gasteiger partial charge in [0.2, 0.25) is 5.91 Å². The summed E-state index contributed by atoms with van der Waals surface area (Å²) in [5.41, 5.74) is 0. The Labute approximate surface area is 119 Å². The molecule has 2 rings (SSSR count). The molecule has 0 unspecified atom stereocenters. The summed E-state index contributed by atoms with van der Waals surface area (Å²) in [7, 11) is 0. The smallest absolute Gasteiger partial charge is 0.315 e. The van der Waals surface area contributed by atoms with E-state index in [1.165, 1.54) is 0 Å². The Morgan fingerprint density at radius 3 is 2.35 bits per heavy atom. The van der Waals surface area contributed by atoms with E-state index in [1.54, 1.807) is 4.90 Å². The average molecular weight is 285 g/mol. The number of urea groups is 1. The molecule has 1 spiro atoms. The molecule has 0 aromatic heterocycles. The van der Waals surface area contributed by atoms with Crippen LogP contribution in [0.25, 0.3) is 0 Å². The average Bonchev–Trinajstić information content (AvgIpc) is 2.84. The van der Waals surface area contributed by atoms with Crippen molar-refractivity contribution in [3.05, 3.63) is 0 Å². The number of nitrogens with zero attached hydrogens (tertiary/aromatic N) is 1. The third kappa shape index (κ3) is 3.83. The highest BCUT2D eigenvalue weighted by Crippen LogP contribution is 2.31. The van der Waals surface area contributed by atoms with Crippen LogP contribution >= 0.6 is 0 Å². The predicted octanol–water partition coefficient (Wildman–Crippen LogP) is 0.0595. The quantitative estimate of drug-likeness (QED) is 0.768. The lowest BCUT2D eigenvalue weighted by Crippen LogP contribution is -2.51. The van der Waals surface area contributed by atoms with Crippen LogP contribution in [0.15, 0.2) is 0 Å². The van der Waals surface area contributed by atoms with Crippen LogP contribution < -0.4 is 10.6 Å². The zero-order valence-electron chi connectivity index (χ0n) is 12.1. The number of rotatable bonds is 3. The zero-order chi connectivity index (χ0) is 14.6. The Morgan fingerprint density at radius 2 is 1.80 bits per heavy atom. The molecule has 0 saturated carbocycles. The minimum Gasteiger partial charge on any atom is -0.347 e. The lowest BCUT2D eigenvalue weighted by Gasteiger charge is -2.37. The van der Waals surface area contributed by atoms with E-state index >= 15 is 0 Å². The molecule has 0 aliphatic carbocycles. The van der Waals surface area contributed by atoms with Crippen LogP contribution in [0.5, 0.6) is 0 Å². The lowest BCUT2D eigenvalue weighted by molar-refractivity contribution is -0.187. The molecule has 0 aromatic carbocycles. The zero-order valence-corrected chi connectivity index (χ0v) is 12.1. The molecular formula is C13H23N3O4. The Bertz CT molecular complexity index is 357. The van der Waals surface area contributed by atoms with Crippen molar-refractivity contribution in [2.24, 2.45) is 0 Å². The fraction of sp³-hybridized carbons (Fsp3) is 0.846. The van der Waals surface area contributed by atoms with Crippen LogP contribution in [-0.4, -0.2) is 61.5 Å². The summed E-state index contributed by atoms with van der Waals surface area (Å²) < 4.78 is 11.2. The number of carbonyl (C=O) groups is 2. The molecule has 2 heterocycles. The summed E-state index contributed by atoms with van der Waals surface area (Å²) in [6, 6.07) is -0.263. The van der Waals surface area contributed by atoms with E-state index < -0.39 is 5.79 Å². The van der Waals surface area contributed by atoms with Crippen LogP contribution in [-0.2, 0) is 14.3 Å². The van der Waals surface area contributed by atoms with Gasteiger partial charge in [0.05, 0.1) is 19.8 Å². The maximum Gasteiger partial charge on any atom is 0.315 e. The predicted molar refractivity (Wildman–Crippen MR) is 72.1 cm³/mol. The SMILES string of the molecule is CC(C)NC(=O)NCC(=O)N1CCC2(CC1)OCCO2. The second-order valence-corrected chi connectivity index (χ2v) is 5.47. The molecule has 2 fully saturated rings. The number of amides is 3. The van der Waals surface area contributed by atoms with Gasteiger partial charge in [0, 0.05) is 32.0 Å². The van der Waals surface area contributed by atoms with Crippen LogP contribution in [0, 0.1) is 0 Å². The number of likely N-dealkylation sites (tertiary alicyclic amines) is 1. The standard InChI is InChI=1S/C13H23N3O4/c1-10(2)15-12(18)14-9-11(17)16-5-3-13(4-6-16)19-7-8-20-13/h10H,3-9H2,1-2H3,(H2,14,15,18). The first kappa shape index (κ1) is 15.1. The summed E-state index contributed by atoms with van der Waals surface area (Å²) in [5, 5.41) is 5.25. The Kier molecular flexibility index (Phi) is 4.82. The van der Waals surface area contributed by atoms with Gasteiger partial charge in [0.25, 0.3) is 0 Å². The van der Waals surface area contributed by atoms with Gasteiger partial charge in [-0.3, -0.25) is 4.79 Å². The van der Waals surface area contributed by atoms with Gasteiger partial charge in [-0.15, -0.1) is 0 Å². The number of nitrogens with one attached hydrogen (secondary N) is 2. The van der Waals surface area contributed by atoms with Crippen molar-refractivity contribution in [2.45, 2.75) is 38.5 Å². The fourth-order valence-corrected chi connectivity index (χ4v) is 2.46. The molecule has 3 amide bonds. The summed E-state index contributed by atoms with van der Waals surface area (Å²) in [5.74, 6) is -0.545. The minimum absolute atomic E-state index is 0.0211. The number of piperidine rings is 1. The van der Waals surface area contributed by atoms with Crippen molar-refractivity contribution in [3.63, 3.8) is 0 Å². The van der Waals surface area contributed by atoms with Crippen LogP contribution in [0.1, 0.15) is 26.7 Å². The van der Waals surface area contributed by atoms with Crippen LogP contribution in [0.3, 0.4) is 0 Å². The molecule has 2 saturated heterocycles. The molecule has 20 heavy (non-hydrogen) atoms. The summed E-state index contributed by atoms with van der Waals surface area (Å²) in [4.78, 5) is 25.1. The van der Waals surface area contributed by atoms with Gasteiger partial charge < -0.3 is 25.0 Å². The molecule has 2 aliphatic rings. The molecule has 0 atom stereocenters. The molecule has 2 aliphatic heterocycles. The fourth-order valence-electron chi connectivity index (χ4n) is 2.46. The van der Waals surface area contributed by atoms with Crippen molar-refractivity contribution >= 4 is 11.9 Å².